The van der Waals surface area contributed by atoms with Crippen LogP contribution in [0.5, 0.6) is 0 Å². The van der Waals surface area contributed by atoms with Gasteiger partial charge in [0, 0.05) is 38.3 Å². The van der Waals surface area contributed by atoms with Crippen molar-refractivity contribution >= 4 is 0 Å². The van der Waals surface area contributed by atoms with Crippen LogP contribution in [0.1, 0.15) is 69.9 Å². The molecule has 0 amide bonds. The molecule has 0 spiro atoms. The summed E-state index contributed by atoms with van der Waals surface area (Å²) in [6.07, 6.45) is 2.53. The Balaban J connectivity index is 0.00000304. The number of hydrogen-bond acceptors (Lipinski definition) is 4. The van der Waals surface area contributed by atoms with Gasteiger partial charge in [-0.25, -0.2) is 15.0 Å². The molecular formula is C31H33IrN4-. The predicted molar refractivity (Wildman–Crippen MR) is 141 cm³/mol. The molecule has 4 nitrogen and oxygen atoms in total. The van der Waals surface area contributed by atoms with Crippen LogP contribution in [0.25, 0.3) is 22.6 Å². The molecule has 1 radical (unpaired) electrons. The summed E-state index contributed by atoms with van der Waals surface area (Å²) in [4.78, 5) is 18.6. The second-order valence-corrected chi connectivity index (χ2v) is 11.3. The van der Waals surface area contributed by atoms with Crippen LogP contribution < -0.4 is 0 Å². The van der Waals surface area contributed by atoms with E-state index in [0.717, 1.165) is 22.6 Å². The van der Waals surface area contributed by atoms with E-state index >= 15 is 0 Å². The first-order valence-corrected chi connectivity index (χ1v) is 12.3. The molecular weight excluding hydrogens is 621 g/mol. The van der Waals surface area contributed by atoms with Crippen LogP contribution in [0.15, 0.2) is 60.8 Å². The van der Waals surface area contributed by atoms with Crippen molar-refractivity contribution in [2.75, 3.05) is 0 Å². The summed E-state index contributed by atoms with van der Waals surface area (Å²) in [6.45, 7) is 16.1. The Labute approximate surface area is 228 Å². The van der Waals surface area contributed by atoms with E-state index in [2.05, 4.69) is 81.8 Å². The molecule has 0 atom stereocenters. The van der Waals surface area contributed by atoms with Crippen molar-refractivity contribution in [3.05, 3.63) is 95.2 Å². The minimum Gasteiger partial charge on any atom is -0.304 e. The van der Waals surface area contributed by atoms with Crippen molar-refractivity contribution in [2.24, 2.45) is 5.41 Å². The Kier molecular flexibility index (Phi) is 6.78. The summed E-state index contributed by atoms with van der Waals surface area (Å²) < 4.78 is 0. The average molecular weight is 654 g/mol. The maximum absolute atomic E-state index is 4.78. The molecule has 0 N–H and O–H groups in total. The van der Waals surface area contributed by atoms with Gasteiger partial charge in [0.1, 0.15) is 11.6 Å². The standard InChI is InChI=1S/C31H33N4.Ir/c1-20-33-27(17-21-11-9-8-10-12-21)35-28(34-20)23-14-16-26(32-19-23)22-13-15-24-25(18-22)30(4,5)31(6,7)29(24,2)3;/h8-12,14-16,18-19H,17H2,1-7H3;/q-1;. The molecule has 5 rings (SSSR count). The van der Waals surface area contributed by atoms with Gasteiger partial charge in [-0.3, -0.25) is 0 Å². The van der Waals surface area contributed by atoms with E-state index < -0.39 is 0 Å². The Morgan fingerprint density at radius 1 is 0.806 bits per heavy atom. The molecule has 1 aliphatic carbocycles. The maximum atomic E-state index is 4.78. The Hall–Kier alpha value is -2.75. The van der Waals surface area contributed by atoms with Crippen molar-refractivity contribution in [3.63, 3.8) is 0 Å². The minimum absolute atomic E-state index is 0. The van der Waals surface area contributed by atoms with Crippen LogP contribution in [0, 0.1) is 18.4 Å². The van der Waals surface area contributed by atoms with Crippen molar-refractivity contribution in [1.29, 1.82) is 0 Å². The normalized spacial score (nSPS) is 16.8. The van der Waals surface area contributed by atoms with Gasteiger partial charge >= 0.3 is 0 Å². The van der Waals surface area contributed by atoms with Gasteiger partial charge in [0.2, 0.25) is 0 Å². The van der Waals surface area contributed by atoms with Crippen LogP contribution in [-0.4, -0.2) is 19.9 Å². The third-order valence-corrected chi connectivity index (χ3v) is 8.72. The minimum atomic E-state index is 0. The molecule has 0 saturated heterocycles. The summed E-state index contributed by atoms with van der Waals surface area (Å²) in [5, 5.41) is 0. The SMILES string of the molecule is Cc1nc(Cc2ccccc2)nc(-c2ccc(-c3[c-]cc4c(c3)C(C)(C)C(C)(C)C4(C)C)nc2)n1.[Ir]. The fraction of sp³-hybridized carbons (Fsp3) is 0.355. The van der Waals surface area contributed by atoms with Crippen molar-refractivity contribution in [2.45, 2.75) is 65.7 Å². The quantitative estimate of drug-likeness (QED) is 0.225. The van der Waals surface area contributed by atoms with Gasteiger partial charge in [0.25, 0.3) is 0 Å². The smallest absolute Gasteiger partial charge is 0.164 e. The maximum Gasteiger partial charge on any atom is 0.164 e. The molecule has 1 aliphatic rings. The molecule has 0 unspecified atom stereocenters. The molecule has 36 heavy (non-hydrogen) atoms. The van der Waals surface area contributed by atoms with Gasteiger partial charge in [0.15, 0.2) is 5.82 Å². The Morgan fingerprint density at radius 3 is 2.17 bits per heavy atom. The first kappa shape index (κ1) is 26.3. The number of pyridine rings is 1. The molecule has 2 heterocycles. The van der Waals surface area contributed by atoms with Crippen LogP contribution in [0.4, 0.5) is 0 Å². The first-order valence-electron chi connectivity index (χ1n) is 12.3. The van der Waals surface area contributed by atoms with Crippen LogP contribution in [0.2, 0.25) is 0 Å². The van der Waals surface area contributed by atoms with Crippen LogP contribution >= 0.6 is 0 Å². The van der Waals surface area contributed by atoms with Gasteiger partial charge in [0.05, 0.1) is 0 Å². The fourth-order valence-electron chi connectivity index (χ4n) is 5.34. The zero-order valence-electron chi connectivity index (χ0n) is 22.1. The van der Waals surface area contributed by atoms with E-state index in [9.17, 15) is 0 Å². The van der Waals surface area contributed by atoms with E-state index in [1.165, 1.54) is 16.7 Å². The summed E-state index contributed by atoms with van der Waals surface area (Å²) in [5.41, 5.74) is 7.03. The van der Waals surface area contributed by atoms with Gasteiger partial charge in [-0.1, -0.05) is 84.0 Å². The third-order valence-electron chi connectivity index (χ3n) is 8.72. The number of aryl methyl sites for hydroxylation is 1. The predicted octanol–water partition coefficient (Wildman–Crippen LogP) is 6.89. The average Bonchev–Trinajstić information content (AvgIpc) is 2.93. The summed E-state index contributed by atoms with van der Waals surface area (Å²) in [6, 6.07) is 22.3. The molecule has 0 saturated carbocycles. The fourth-order valence-corrected chi connectivity index (χ4v) is 5.34. The number of aromatic nitrogens is 4. The molecule has 4 aromatic rings. The van der Waals surface area contributed by atoms with Gasteiger partial charge in [-0.15, -0.1) is 34.9 Å². The molecule has 2 aromatic carbocycles. The zero-order valence-corrected chi connectivity index (χ0v) is 24.5. The van der Waals surface area contributed by atoms with Crippen molar-refractivity contribution in [3.8, 4) is 22.6 Å². The summed E-state index contributed by atoms with van der Waals surface area (Å²) in [7, 11) is 0. The van der Waals surface area contributed by atoms with E-state index in [1.807, 2.05) is 43.5 Å². The Morgan fingerprint density at radius 2 is 1.50 bits per heavy atom. The largest absolute Gasteiger partial charge is 0.304 e. The molecule has 0 aliphatic heterocycles. The summed E-state index contributed by atoms with van der Waals surface area (Å²) in [5.74, 6) is 2.14. The van der Waals surface area contributed by atoms with Crippen LogP contribution in [-0.2, 0) is 37.4 Å². The second-order valence-electron chi connectivity index (χ2n) is 11.3. The first-order chi connectivity index (χ1) is 16.5. The monoisotopic (exact) mass is 654 g/mol. The topological polar surface area (TPSA) is 51.6 Å². The van der Waals surface area contributed by atoms with Gasteiger partial charge in [-0.2, -0.15) is 0 Å². The third kappa shape index (κ3) is 4.23. The van der Waals surface area contributed by atoms with Crippen molar-refractivity contribution in [1.82, 2.24) is 19.9 Å². The van der Waals surface area contributed by atoms with E-state index in [0.29, 0.717) is 18.1 Å². The Bertz CT molecular complexity index is 1390. The number of fused-ring (bicyclic) bond motifs is 1. The molecule has 0 bridgehead atoms. The van der Waals surface area contributed by atoms with E-state index in [4.69, 9.17) is 9.97 Å². The van der Waals surface area contributed by atoms with Gasteiger partial charge in [-0.05, 0) is 34.4 Å². The van der Waals surface area contributed by atoms with E-state index in [1.54, 1.807) is 0 Å². The second kappa shape index (κ2) is 9.28. The molecule has 2 aromatic heterocycles. The number of rotatable bonds is 4. The molecule has 187 valence electrons. The molecule has 0 fully saturated rings. The van der Waals surface area contributed by atoms with Gasteiger partial charge < -0.3 is 4.98 Å². The number of nitrogens with zero attached hydrogens (tertiary/aromatic N) is 4. The number of hydrogen-bond donors (Lipinski definition) is 0. The summed E-state index contributed by atoms with van der Waals surface area (Å²) >= 11 is 0. The molecule has 5 heteroatoms. The van der Waals surface area contributed by atoms with Crippen LogP contribution in [0.3, 0.4) is 0 Å². The number of benzene rings is 2. The van der Waals surface area contributed by atoms with Crippen molar-refractivity contribution < 1.29 is 20.1 Å². The zero-order chi connectivity index (χ0) is 25.0. The van der Waals surface area contributed by atoms with E-state index in [-0.39, 0.29) is 36.4 Å².